The first-order valence-electron chi connectivity index (χ1n) is 11.7. The Morgan fingerprint density at radius 2 is 0.969 bits per heavy atom. The average Bonchev–Trinajstić information content (AvgIpc) is 2.80. The third-order valence-electron chi connectivity index (χ3n) is 6.18. The molecule has 4 aromatic rings. The van der Waals surface area contributed by atoms with Crippen LogP contribution in [0.15, 0.2) is 72.8 Å². The van der Waals surface area contributed by atoms with Gasteiger partial charge in [-0.25, -0.2) is 0 Å². The molecular weight excluding hydrogens is 392 g/mol. The topological polar surface area (TPSA) is 32.3 Å². The van der Waals surface area contributed by atoms with Gasteiger partial charge in [-0.1, -0.05) is 48.5 Å². The summed E-state index contributed by atoms with van der Waals surface area (Å²) in [4.78, 5) is 14.8. The van der Waals surface area contributed by atoms with Gasteiger partial charge in [0, 0.05) is 49.0 Å². The summed E-state index contributed by atoms with van der Waals surface area (Å²) < 4.78 is 0. The Hall–Kier alpha value is -2.82. The molecule has 4 heteroatoms. The number of benzene rings is 2. The fourth-order valence-corrected chi connectivity index (χ4v) is 4.11. The van der Waals surface area contributed by atoms with E-state index in [4.69, 9.17) is 9.97 Å². The molecule has 0 fully saturated rings. The molecule has 0 aliphatic carbocycles. The van der Waals surface area contributed by atoms with Gasteiger partial charge >= 0.3 is 0 Å². The summed E-state index contributed by atoms with van der Waals surface area (Å²) in [6.07, 6.45) is 0. The lowest BCUT2D eigenvalue weighted by Gasteiger charge is -2.32. The van der Waals surface area contributed by atoms with E-state index in [0.29, 0.717) is 12.1 Å². The molecule has 0 unspecified atom stereocenters. The Kier molecular flexibility index (Phi) is 7.13. The quantitative estimate of drug-likeness (QED) is 0.333. The van der Waals surface area contributed by atoms with Crippen molar-refractivity contribution < 1.29 is 0 Å². The summed E-state index contributed by atoms with van der Waals surface area (Å²) >= 11 is 0. The molecule has 4 nitrogen and oxygen atoms in total. The average molecular weight is 427 g/mol. The zero-order valence-electron chi connectivity index (χ0n) is 19.7. The van der Waals surface area contributed by atoms with Crippen molar-refractivity contribution >= 4 is 21.8 Å². The van der Waals surface area contributed by atoms with Crippen molar-refractivity contribution in [3.05, 3.63) is 84.2 Å². The predicted molar refractivity (Wildman–Crippen MR) is 135 cm³/mol. The van der Waals surface area contributed by atoms with Crippen LogP contribution >= 0.6 is 0 Å². The maximum atomic E-state index is 4.89. The molecule has 0 atom stereocenters. The Balaban J connectivity index is 1.43. The number of hydrogen-bond donors (Lipinski definition) is 0. The van der Waals surface area contributed by atoms with Gasteiger partial charge in [0.05, 0.1) is 22.4 Å². The van der Waals surface area contributed by atoms with E-state index in [2.05, 4.69) is 110 Å². The van der Waals surface area contributed by atoms with Crippen LogP contribution in [0, 0.1) is 0 Å². The van der Waals surface area contributed by atoms with Crippen LogP contribution in [0.2, 0.25) is 0 Å². The maximum Gasteiger partial charge on any atom is 0.0705 e. The second kappa shape index (κ2) is 10.2. The highest BCUT2D eigenvalue weighted by atomic mass is 15.2. The van der Waals surface area contributed by atoms with Crippen molar-refractivity contribution in [2.45, 2.75) is 52.9 Å². The third-order valence-corrected chi connectivity index (χ3v) is 6.18. The summed E-state index contributed by atoms with van der Waals surface area (Å²) in [7, 11) is 0. The van der Waals surface area contributed by atoms with Gasteiger partial charge < -0.3 is 0 Å². The lowest BCUT2D eigenvalue weighted by Crippen LogP contribution is -2.41. The number of fused-ring (bicyclic) bond motifs is 2. The predicted octanol–water partition coefficient (Wildman–Crippen LogP) is 5.90. The standard InChI is InChI=1S/C28H34N4/c1-21(2)31(19-25-15-13-23-9-5-7-11-27(23)29-25)17-18-32(22(3)4)20-26-16-14-24-10-6-8-12-28(24)30-26/h5-16,21-22H,17-20H2,1-4H3. The van der Waals surface area contributed by atoms with Crippen LogP contribution in [0.3, 0.4) is 0 Å². The van der Waals surface area contributed by atoms with E-state index in [1.807, 2.05) is 0 Å². The van der Waals surface area contributed by atoms with Crippen molar-refractivity contribution in [1.82, 2.24) is 19.8 Å². The van der Waals surface area contributed by atoms with E-state index in [1.54, 1.807) is 0 Å². The van der Waals surface area contributed by atoms with Crippen LogP contribution in [-0.4, -0.2) is 44.9 Å². The monoisotopic (exact) mass is 426 g/mol. The van der Waals surface area contributed by atoms with Crippen molar-refractivity contribution in [3.63, 3.8) is 0 Å². The number of rotatable bonds is 9. The molecule has 2 aromatic heterocycles. The van der Waals surface area contributed by atoms with E-state index in [0.717, 1.165) is 48.6 Å². The second-order valence-corrected chi connectivity index (χ2v) is 9.12. The Morgan fingerprint density at radius 3 is 1.38 bits per heavy atom. The molecule has 166 valence electrons. The second-order valence-electron chi connectivity index (χ2n) is 9.12. The van der Waals surface area contributed by atoms with Crippen molar-refractivity contribution in [2.24, 2.45) is 0 Å². The van der Waals surface area contributed by atoms with E-state index in [-0.39, 0.29) is 0 Å². The molecule has 0 saturated heterocycles. The molecule has 4 rings (SSSR count). The molecule has 0 aliphatic rings. The van der Waals surface area contributed by atoms with Crippen LogP contribution < -0.4 is 0 Å². The maximum absolute atomic E-state index is 4.89. The van der Waals surface area contributed by atoms with E-state index in [9.17, 15) is 0 Å². The van der Waals surface area contributed by atoms with Crippen molar-refractivity contribution in [1.29, 1.82) is 0 Å². The van der Waals surface area contributed by atoms with Crippen molar-refractivity contribution in [2.75, 3.05) is 13.1 Å². The molecule has 0 bridgehead atoms. The van der Waals surface area contributed by atoms with Gasteiger partial charge in [-0.05, 0) is 52.0 Å². The van der Waals surface area contributed by atoms with Crippen LogP contribution in [0.4, 0.5) is 0 Å². The Bertz CT molecular complexity index is 1070. The first kappa shape index (κ1) is 22.4. The SMILES string of the molecule is CC(C)N(CCN(Cc1ccc2ccccc2n1)C(C)C)Cc1ccc2ccccc2n1. The summed E-state index contributed by atoms with van der Waals surface area (Å²) in [6.45, 7) is 12.8. The molecule has 0 N–H and O–H groups in total. The molecule has 0 radical (unpaired) electrons. The van der Waals surface area contributed by atoms with Crippen LogP contribution in [0.25, 0.3) is 21.8 Å². The van der Waals surface area contributed by atoms with Crippen LogP contribution in [-0.2, 0) is 13.1 Å². The molecule has 0 spiro atoms. The van der Waals surface area contributed by atoms with Gasteiger partial charge in [-0.15, -0.1) is 0 Å². The highest BCUT2D eigenvalue weighted by Crippen LogP contribution is 2.16. The Morgan fingerprint density at radius 1 is 0.562 bits per heavy atom. The lowest BCUT2D eigenvalue weighted by atomic mass is 10.2. The van der Waals surface area contributed by atoms with Gasteiger partial charge in [0.1, 0.15) is 0 Å². The van der Waals surface area contributed by atoms with Crippen LogP contribution in [0.5, 0.6) is 0 Å². The molecule has 2 aromatic carbocycles. The summed E-state index contributed by atoms with van der Waals surface area (Å²) in [5.41, 5.74) is 4.40. The number of hydrogen-bond acceptors (Lipinski definition) is 4. The fourth-order valence-electron chi connectivity index (χ4n) is 4.11. The Labute approximate surface area is 191 Å². The zero-order chi connectivity index (χ0) is 22.5. The minimum absolute atomic E-state index is 0.455. The first-order chi connectivity index (χ1) is 15.5. The number of nitrogens with zero attached hydrogens (tertiary/aromatic N) is 4. The normalized spacial score (nSPS) is 12.1. The third kappa shape index (κ3) is 5.50. The van der Waals surface area contributed by atoms with E-state index in [1.165, 1.54) is 10.8 Å². The first-order valence-corrected chi connectivity index (χ1v) is 11.7. The molecule has 0 saturated carbocycles. The molecule has 0 aliphatic heterocycles. The van der Waals surface area contributed by atoms with Gasteiger partial charge in [0.15, 0.2) is 0 Å². The van der Waals surface area contributed by atoms with Gasteiger partial charge in [-0.2, -0.15) is 0 Å². The highest BCUT2D eigenvalue weighted by Gasteiger charge is 2.16. The molecule has 0 amide bonds. The number of aromatic nitrogens is 2. The molecule has 2 heterocycles. The lowest BCUT2D eigenvalue weighted by molar-refractivity contribution is 0.143. The minimum atomic E-state index is 0.455. The van der Waals surface area contributed by atoms with Crippen LogP contribution in [0.1, 0.15) is 39.1 Å². The summed E-state index contributed by atoms with van der Waals surface area (Å²) in [5, 5.41) is 2.39. The molecule has 32 heavy (non-hydrogen) atoms. The minimum Gasteiger partial charge on any atom is -0.294 e. The van der Waals surface area contributed by atoms with Gasteiger partial charge in [0.2, 0.25) is 0 Å². The highest BCUT2D eigenvalue weighted by molar-refractivity contribution is 5.79. The van der Waals surface area contributed by atoms with Crippen molar-refractivity contribution in [3.8, 4) is 0 Å². The van der Waals surface area contributed by atoms with E-state index < -0.39 is 0 Å². The van der Waals surface area contributed by atoms with Gasteiger partial charge in [-0.3, -0.25) is 19.8 Å². The summed E-state index contributed by atoms with van der Waals surface area (Å²) in [6, 6.07) is 26.3. The smallest absolute Gasteiger partial charge is 0.0705 e. The fraction of sp³-hybridized carbons (Fsp3) is 0.357. The molecular formula is C28H34N4. The van der Waals surface area contributed by atoms with E-state index >= 15 is 0 Å². The largest absolute Gasteiger partial charge is 0.294 e. The summed E-state index contributed by atoms with van der Waals surface area (Å²) in [5.74, 6) is 0. The number of para-hydroxylation sites is 2. The van der Waals surface area contributed by atoms with Gasteiger partial charge in [0.25, 0.3) is 0 Å². The zero-order valence-corrected chi connectivity index (χ0v) is 19.7. The number of pyridine rings is 2.